The summed E-state index contributed by atoms with van der Waals surface area (Å²) >= 11 is 0. The highest BCUT2D eigenvalue weighted by atomic mass is 16.5. The Morgan fingerprint density at radius 3 is 2.91 bits per heavy atom. The zero-order valence-corrected chi connectivity index (χ0v) is 13.6. The van der Waals surface area contributed by atoms with Gasteiger partial charge in [-0.15, -0.1) is 0 Å². The fourth-order valence-corrected chi connectivity index (χ4v) is 2.81. The number of hydrogen-bond acceptors (Lipinski definition) is 3. The van der Waals surface area contributed by atoms with Crippen LogP contribution in [0.25, 0.3) is 0 Å². The van der Waals surface area contributed by atoms with E-state index in [1.54, 1.807) is 6.20 Å². The van der Waals surface area contributed by atoms with E-state index in [0.29, 0.717) is 0 Å². The number of hydrogen-bond donors (Lipinski definition) is 1. The van der Waals surface area contributed by atoms with E-state index in [1.807, 2.05) is 30.3 Å². The minimum absolute atomic E-state index is 0.00291. The lowest BCUT2D eigenvalue weighted by Gasteiger charge is -2.31. The van der Waals surface area contributed by atoms with Crippen LogP contribution in [0, 0.1) is 0 Å². The minimum Gasteiger partial charge on any atom is -0.381 e. The summed E-state index contributed by atoms with van der Waals surface area (Å²) in [5.41, 5.74) is 1.10. The zero-order valence-electron chi connectivity index (χ0n) is 13.6. The monoisotopic (exact) mass is 305 g/mol. The number of urea groups is 1. The Labute approximate surface area is 133 Å². The van der Waals surface area contributed by atoms with Gasteiger partial charge in [0.1, 0.15) is 0 Å². The lowest BCUT2D eigenvalue weighted by atomic mass is 10.0. The van der Waals surface area contributed by atoms with Crippen LogP contribution in [0.2, 0.25) is 0 Å². The van der Waals surface area contributed by atoms with Crippen LogP contribution in [-0.4, -0.2) is 42.2 Å². The molecule has 1 aromatic heterocycles. The Balaban J connectivity index is 2.00. The molecule has 1 saturated heterocycles. The van der Waals surface area contributed by atoms with E-state index in [4.69, 9.17) is 4.74 Å². The fraction of sp³-hybridized carbons (Fsp3) is 0.647. The molecule has 0 bridgehead atoms. The molecule has 2 heterocycles. The number of aromatic nitrogens is 1. The molecule has 0 radical (unpaired) electrons. The number of amides is 2. The second-order valence-electron chi connectivity index (χ2n) is 5.89. The van der Waals surface area contributed by atoms with Gasteiger partial charge in [0.2, 0.25) is 0 Å². The summed E-state index contributed by atoms with van der Waals surface area (Å²) in [5, 5.41) is 3.13. The highest BCUT2D eigenvalue weighted by Crippen LogP contribution is 2.25. The third kappa shape index (κ3) is 4.70. The Morgan fingerprint density at radius 1 is 1.50 bits per heavy atom. The second-order valence-corrected chi connectivity index (χ2v) is 5.89. The molecule has 0 aliphatic carbocycles. The van der Waals surface area contributed by atoms with Gasteiger partial charge in [0, 0.05) is 38.7 Å². The summed E-state index contributed by atoms with van der Waals surface area (Å²) in [7, 11) is 1.88. The van der Waals surface area contributed by atoms with E-state index < -0.39 is 0 Å². The first-order chi connectivity index (χ1) is 10.7. The van der Waals surface area contributed by atoms with Crippen LogP contribution in [0.4, 0.5) is 4.79 Å². The number of ether oxygens (including phenoxy) is 1. The summed E-state index contributed by atoms with van der Waals surface area (Å²) in [6, 6.07) is 4.28. The Morgan fingerprint density at radius 2 is 2.27 bits per heavy atom. The normalized spacial score (nSPS) is 17.0. The van der Waals surface area contributed by atoms with Crippen LogP contribution < -0.4 is 5.32 Å². The lowest BCUT2D eigenvalue weighted by Crippen LogP contribution is -2.46. The smallest absolute Gasteiger partial charge is 0.317 e. The Kier molecular flexibility index (Phi) is 6.65. The largest absolute Gasteiger partial charge is 0.381 e. The average molecular weight is 305 g/mol. The molecular formula is C17H27N3O2. The molecule has 1 aromatic rings. The van der Waals surface area contributed by atoms with Crippen molar-refractivity contribution in [1.82, 2.24) is 15.2 Å². The molecule has 22 heavy (non-hydrogen) atoms. The second kappa shape index (κ2) is 8.73. The third-order valence-electron chi connectivity index (χ3n) is 4.24. The Bertz CT molecular complexity index is 446. The SMILES string of the molecule is CCCCC(c1cccnc1)N(C)C(=O)NC1CCOCC1. The maximum absolute atomic E-state index is 12.5. The van der Waals surface area contributed by atoms with Gasteiger partial charge in [-0.3, -0.25) is 4.98 Å². The Hall–Kier alpha value is -1.62. The van der Waals surface area contributed by atoms with Crippen molar-refractivity contribution >= 4 is 6.03 Å². The van der Waals surface area contributed by atoms with Crippen LogP contribution in [0.1, 0.15) is 50.6 Å². The molecule has 1 atom stereocenters. The summed E-state index contributed by atoms with van der Waals surface area (Å²) < 4.78 is 5.34. The van der Waals surface area contributed by atoms with Gasteiger partial charge in [0.25, 0.3) is 0 Å². The van der Waals surface area contributed by atoms with E-state index in [1.165, 1.54) is 0 Å². The van der Waals surface area contributed by atoms with E-state index in [-0.39, 0.29) is 18.1 Å². The topological polar surface area (TPSA) is 54.5 Å². The zero-order chi connectivity index (χ0) is 15.8. The van der Waals surface area contributed by atoms with Crippen molar-refractivity contribution in [1.29, 1.82) is 0 Å². The van der Waals surface area contributed by atoms with Crippen LogP contribution in [0.5, 0.6) is 0 Å². The van der Waals surface area contributed by atoms with Crippen molar-refractivity contribution in [3.8, 4) is 0 Å². The van der Waals surface area contributed by atoms with Gasteiger partial charge >= 0.3 is 6.03 Å². The maximum atomic E-state index is 12.5. The molecule has 0 spiro atoms. The van der Waals surface area contributed by atoms with E-state index in [2.05, 4.69) is 17.2 Å². The molecule has 0 aromatic carbocycles. The minimum atomic E-state index is -0.00291. The number of carbonyl (C=O) groups is 1. The molecule has 122 valence electrons. The van der Waals surface area contributed by atoms with Gasteiger partial charge in [0.15, 0.2) is 0 Å². The van der Waals surface area contributed by atoms with Crippen molar-refractivity contribution in [2.45, 2.75) is 51.1 Å². The van der Waals surface area contributed by atoms with E-state index in [9.17, 15) is 4.79 Å². The summed E-state index contributed by atoms with van der Waals surface area (Å²) in [6.45, 7) is 3.63. The summed E-state index contributed by atoms with van der Waals surface area (Å²) in [5.74, 6) is 0. The van der Waals surface area contributed by atoms with Crippen molar-refractivity contribution in [2.24, 2.45) is 0 Å². The van der Waals surface area contributed by atoms with Crippen molar-refractivity contribution < 1.29 is 9.53 Å². The third-order valence-corrected chi connectivity index (χ3v) is 4.24. The quantitative estimate of drug-likeness (QED) is 0.878. The molecule has 1 aliphatic heterocycles. The standard InChI is InChI=1S/C17H27N3O2/c1-3-4-7-16(14-6-5-10-18-13-14)20(2)17(21)19-15-8-11-22-12-9-15/h5-6,10,13,15-16H,3-4,7-9,11-12H2,1-2H3,(H,19,21). The lowest BCUT2D eigenvalue weighted by molar-refractivity contribution is 0.0776. The van der Waals surface area contributed by atoms with Gasteiger partial charge in [0.05, 0.1) is 6.04 Å². The first-order valence-electron chi connectivity index (χ1n) is 8.23. The molecule has 5 nitrogen and oxygen atoms in total. The van der Waals surface area contributed by atoms with Crippen molar-refractivity contribution in [3.63, 3.8) is 0 Å². The molecule has 0 saturated carbocycles. The number of pyridine rings is 1. The molecular weight excluding hydrogens is 278 g/mol. The predicted octanol–water partition coefficient (Wildman–Crippen LogP) is 3.13. The number of nitrogens with zero attached hydrogens (tertiary/aromatic N) is 2. The first kappa shape index (κ1) is 16.7. The first-order valence-corrected chi connectivity index (χ1v) is 8.23. The predicted molar refractivity (Wildman–Crippen MR) is 86.6 cm³/mol. The van der Waals surface area contributed by atoms with Crippen LogP contribution >= 0.6 is 0 Å². The van der Waals surface area contributed by atoms with Crippen molar-refractivity contribution in [2.75, 3.05) is 20.3 Å². The van der Waals surface area contributed by atoms with Gasteiger partial charge in [-0.1, -0.05) is 25.8 Å². The molecule has 1 N–H and O–H groups in total. The highest BCUT2D eigenvalue weighted by molar-refractivity contribution is 5.74. The fourth-order valence-electron chi connectivity index (χ4n) is 2.81. The van der Waals surface area contributed by atoms with Gasteiger partial charge in [-0.05, 0) is 30.9 Å². The molecule has 1 fully saturated rings. The van der Waals surface area contributed by atoms with Gasteiger partial charge in [-0.2, -0.15) is 0 Å². The van der Waals surface area contributed by atoms with E-state index >= 15 is 0 Å². The average Bonchev–Trinajstić information content (AvgIpc) is 2.57. The highest BCUT2D eigenvalue weighted by Gasteiger charge is 2.24. The van der Waals surface area contributed by atoms with Gasteiger partial charge in [-0.25, -0.2) is 4.79 Å². The summed E-state index contributed by atoms with van der Waals surface area (Å²) in [6.07, 6.45) is 8.58. The van der Waals surface area contributed by atoms with Gasteiger partial charge < -0.3 is 15.0 Å². The number of carbonyl (C=O) groups excluding carboxylic acids is 1. The molecule has 5 heteroatoms. The summed E-state index contributed by atoms with van der Waals surface area (Å²) in [4.78, 5) is 18.6. The molecule has 2 amide bonds. The number of rotatable bonds is 6. The molecule has 1 aliphatic rings. The van der Waals surface area contributed by atoms with Crippen LogP contribution in [0.15, 0.2) is 24.5 Å². The number of unbranched alkanes of at least 4 members (excludes halogenated alkanes) is 1. The van der Waals surface area contributed by atoms with Crippen molar-refractivity contribution in [3.05, 3.63) is 30.1 Å². The maximum Gasteiger partial charge on any atom is 0.317 e. The van der Waals surface area contributed by atoms with Crippen LogP contribution in [0.3, 0.4) is 0 Å². The van der Waals surface area contributed by atoms with Crippen LogP contribution in [-0.2, 0) is 4.74 Å². The number of nitrogens with one attached hydrogen (secondary N) is 1. The van der Waals surface area contributed by atoms with E-state index in [0.717, 1.165) is 50.9 Å². The molecule has 2 rings (SSSR count). The molecule has 1 unspecified atom stereocenters.